The molecule has 0 bridgehead atoms. The van der Waals surface area contributed by atoms with Gasteiger partial charge in [0, 0.05) is 11.7 Å². The Morgan fingerprint density at radius 2 is 1.60 bits per heavy atom. The Labute approximate surface area is 182 Å². The van der Waals surface area contributed by atoms with Crippen LogP contribution in [0.2, 0.25) is 5.02 Å². The van der Waals surface area contributed by atoms with Gasteiger partial charge in [-0.05, 0) is 55.7 Å². The molecule has 30 heavy (non-hydrogen) atoms. The number of carbonyl (C=O) groups is 1. The van der Waals surface area contributed by atoms with E-state index in [1.54, 1.807) is 18.2 Å². The summed E-state index contributed by atoms with van der Waals surface area (Å²) in [6, 6.07) is 22.5. The third-order valence-electron chi connectivity index (χ3n) is 4.60. The maximum atomic E-state index is 12.7. The van der Waals surface area contributed by atoms with Crippen LogP contribution < -0.4 is 10.0 Å². The van der Waals surface area contributed by atoms with Crippen molar-refractivity contribution in [2.45, 2.75) is 30.7 Å². The molecule has 0 saturated carbocycles. The molecule has 156 valence electrons. The first-order chi connectivity index (χ1) is 14.3. The monoisotopic (exact) mass is 442 g/mol. The molecule has 0 aliphatic carbocycles. The molecular weight excluding hydrogens is 420 g/mol. The highest BCUT2D eigenvalue weighted by molar-refractivity contribution is 7.92. The second kappa shape index (κ2) is 9.78. The van der Waals surface area contributed by atoms with Gasteiger partial charge in [-0.1, -0.05) is 60.1 Å². The molecule has 0 saturated heterocycles. The topological polar surface area (TPSA) is 75.3 Å². The minimum Gasteiger partial charge on any atom is -0.350 e. The molecule has 1 atom stereocenters. The Balaban J connectivity index is 1.67. The zero-order valence-electron chi connectivity index (χ0n) is 16.5. The number of halogens is 1. The minimum absolute atomic E-state index is 0.0709. The quantitative estimate of drug-likeness (QED) is 0.521. The second-order valence-corrected chi connectivity index (χ2v) is 9.10. The average molecular weight is 443 g/mol. The highest BCUT2D eigenvalue weighted by Gasteiger charge is 2.17. The van der Waals surface area contributed by atoms with Gasteiger partial charge in [-0.2, -0.15) is 0 Å². The number of carbonyl (C=O) groups excluding carboxylic acids is 1. The van der Waals surface area contributed by atoms with Crippen LogP contribution in [-0.4, -0.2) is 20.4 Å². The third-order valence-corrected chi connectivity index (χ3v) is 6.33. The van der Waals surface area contributed by atoms with E-state index in [4.69, 9.17) is 11.6 Å². The summed E-state index contributed by atoms with van der Waals surface area (Å²) in [6.45, 7) is 1.93. The summed E-state index contributed by atoms with van der Waals surface area (Å²) in [5, 5.41) is 3.18. The number of hydrogen-bond acceptors (Lipinski definition) is 3. The van der Waals surface area contributed by atoms with Gasteiger partial charge in [-0.3, -0.25) is 9.52 Å². The van der Waals surface area contributed by atoms with Crippen molar-refractivity contribution in [3.8, 4) is 0 Å². The molecule has 3 aromatic rings. The van der Waals surface area contributed by atoms with Gasteiger partial charge in [0.25, 0.3) is 15.9 Å². The lowest BCUT2D eigenvalue weighted by atomic mass is 10.1. The number of anilines is 1. The Kier molecular flexibility index (Phi) is 7.13. The molecule has 0 spiro atoms. The third kappa shape index (κ3) is 5.84. The molecule has 7 heteroatoms. The van der Waals surface area contributed by atoms with Crippen molar-refractivity contribution in [2.75, 3.05) is 4.72 Å². The van der Waals surface area contributed by atoms with Crippen molar-refractivity contribution in [1.29, 1.82) is 0 Å². The molecule has 0 radical (unpaired) electrons. The summed E-state index contributed by atoms with van der Waals surface area (Å²) in [5.41, 5.74) is 1.69. The van der Waals surface area contributed by atoms with Gasteiger partial charge in [-0.15, -0.1) is 0 Å². The van der Waals surface area contributed by atoms with Gasteiger partial charge in [0.2, 0.25) is 0 Å². The molecule has 0 aromatic heterocycles. The van der Waals surface area contributed by atoms with Crippen LogP contribution in [0.15, 0.2) is 83.8 Å². The van der Waals surface area contributed by atoms with E-state index in [-0.39, 0.29) is 33.1 Å². The molecule has 2 N–H and O–H groups in total. The van der Waals surface area contributed by atoms with Crippen LogP contribution in [0.4, 0.5) is 5.69 Å². The second-order valence-electron chi connectivity index (χ2n) is 7.01. The maximum absolute atomic E-state index is 12.7. The first kappa shape index (κ1) is 21.9. The molecular formula is C23H23ClN2O3S. The summed E-state index contributed by atoms with van der Waals surface area (Å²) in [4.78, 5) is 12.8. The van der Waals surface area contributed by atoms with Crippen molar-refractivity contribution < 1.29 is 13.2 Å². The first-order valence-corrected chi connectivity index (χ1v) is 11.4. The number of aryl methyl sites for hydroxylation is 1. The molecule has 3 rings (SSSR count). The Bertz CT molecular complexity index is 1100. The van der Waals surface area contributed by atoms with Crippen molar-refractivity contribution in [2.24, 2.45) is 0 Å². The molecule has 1 unspecified atom stereocenters. The average Bonchev–Trinajstić information content (AvgIpc) is 2.75. The lowest BCUT2D eigenvalue weighted by Gasteiger charge is -2.15. The van der Waals surface area contributed by atoms with E-state index in [1.165, 1.54) is 35.9 Å². The van der Waals surface area contributed by atoms with Gasteiger partial charge in [-0.25, -0.2) is 8.42 Å². The number of nitrogens with one attached hydrogen (secondary N) is 2. The number of rotatable bonds is 8. The Morgan fingerprint density at radius 3 is 2.27 bits per heavy atom. The van der Waals surface area contributed by atoms with Crippen LogP contribution in [0.3, 0.4) is 0 Å². The van der Waals surface area contributed by atoms with Crippen LogP contribution in [-0.2, 0) is 16.4 Å². The van der Waals surface area contributed by atoms with Crippen molar-refractivity contribution in [1.82, 2.24) is 5.32 Å². The summed E-state index contributed by atoms with van der Waals surface area (Å²) < 4.78 is 27.5. The van der Waals surface area contributed by atoms with E-state index in [1.807, 2.05) is 37.3 Å². The number of hydrogen-bond donors (Lipinski definition) is 2. The summed E-state index contributed by atoms with van der Waals surface area (Å²) in [6.07, 6.45) is 1.61. The molecule has 0 fully saturated rings. The Hall–Kier alpha value is -2.83. The molecule has 3 aromatic carbocycles. The summed E-state index contributed by atoms with van der Waals surface area (Å²) in [5.74, 6) is -0.346. The highest BCUT2D eigenvalue weighted by Crippen LogP contribution is 2.23. The smallest absolute Gasteiger partial charge is 0.261 e. The van der Waals surface area contributed by atoms with E-state index in [9.17, 15) is 13.2 Å². The predicted molar refractivity (Wildman–Crippen MR) is 120 cm³/mol. The fourth-order valence-corrected chi connectivity index (χ4v) is 4.25. The van der Waals surface area contributed by atoms with E-state index in [0.29, 0.717) is 0 Å². The fourth-order valence-electron chi connectivity index (χ4n) is 2.98. The van der Waals surface area contributed by atoms with E-state index in [2.05, 4.69) is 10.0 Å². The van der Waals surface area contributed by atoms with Crippen LogP contribution in [0.1, 0.15) is 29.3 Å². The molecule has 1 amide bonds. The van der Waals surface area contributed by atoms with E-state index in [0.717, 1.165) is 12.8 Å². The van der Waals surface area contributed by atoms with Crippen LogP contribution in [0.5, 0.6) is 0 Å². The van der Waals surface area contributed by atoms with Crippen LogP contribution in [0.25, 0.3) is 0 Å². The van der Waals surface area contributed by atoms with Gasteiger partial charge in [0.15, 0.2) is 0 Å². The standard InChI is InChI=1S/C23H23ClN2O3S/c1-17(12-13-18-8-4-2-5-9-18)25-23(27)21-16-19(14-15-22(21)24)26-30(28,29)20-10-6-3-7-11-20/h2-11,14-17,26H,12-13H2,1H3,(H,25,27). The predicted octanol–water partition coefficient (Wildman–Crippen LogP) is 4.89. The van der Waals surface area contributed by atoms with Crippen molar-refractivity contribution in [3.05, 3.63) is 95.0 Å². The summed E-state index contributed by atoms with van der Waals surface area (Å²) in [7, 11) is -3.76. The zero-order chi connectivity index (χ0) is 21.6. The number of sulfonamides is 1. The van der Waals surface area contributed by atoms with Gasteiger partial charge >= 0.3 is 0 Å². The number of benzene rings is 3. The Morgan fingerprint density at radius 1 is 0.967 bits per heavy atom. The molecule has 5 nitrogen and oxygen atoms in total. The minimum atomic E-state index is -3.76. The molecule has 0 heterocycles. The van der Waals surface area contributed by atoms with Gasteiger partial charge in [0.05, 0.1) is 15.5 Å². The summed E-state index contributed by atoms with van der Waals surface area (Å²) >= 11 is 6.20. The first-order valence-electron chi connectivity index (χ1n) is 9.57. The van der Waals surface area contributed by atoms with Crippen molar-refractivity contribution in [3.63, 3.8) is 0 Å². The zero-order valence-corrected chi connectivity index (χ0v) is 18.1. The lowest BCUT2D eigenvalue weighted by Crippen LogP contribution is -2.33. The lowest BCUT2D eigenvalue weighted by molar-refractivity contribution is 0.0938. The molecule has 0 aliphatic rings. The fraction of sp³-hybridized carbons (Fsp3) is 0.174. The largest absolute Gasteiger partial charge is 0.350 e. The van der Waals surface area contributed by atoms with Crippen molar-refractivity contribution >= 4 is 33.2 Å². The highest BCUT2D eigenvalue weighted by atomic mass is 35.5. The normalized spacial score (nSPS) is 12.2. The van der Waals surface area contributed by atoms with Gasteiger partial charge in [0.1, 0.15) is 0 Å². The number of amides is 1. The molecule has 0 aliphatic heterocycles. The van der Waals surface area contributed by atoms with Gasteiger partial charge < -0.3 is 5.32 Å². The van der Waals surface area contributed by atoms with Crippen LogP contribution >= 0.6 is 11.6 Å². The SMILES string of the molecule is CC(CCc1ccccc1)NC(=O)c1cc(NS(=O)(=O)c2ccccc2)ccc1Cl. The van der Waals surface area contributed by atoms with E-state index >= 15 is 0 Å². The van der Waals surface area contributed by atoms with Crippen LogP contribution in [0, 0.1) is 0 Å². The maximum Gasteiger partial charge on any atom is 0.261 e. The van der Waals surface area contributed by atoms with E-state index < -0.39 is 10.0 Å².